The number of amides is 2. The second-order valence-electron chi connectivity index (χ2n) is 9.66. The Morgan fingerprint density at radius 3 is 2.81 bits per heavy atom. The van der Waals surface area contributed by atoms with Crippen LogP contribution in [0.5, 0.6) is 5.75 Å². The molecule has 2 amide bonds. The number of ether oxygens (including phenoxy) is 1. The monoisotopic (exact) mass is 483 g/mol. The average molecular weight is 484 g/mol. The number of pyridine rings is 1. The SMILES string of the molecule is COc1cccc(-c2nc([C@@H]3CCCN(C(=O)Nc4cccc(CN(C)C)c4)C3)n3ccccc23)c1. The largest absolute Gasteiger partial charge is 0.497 e. The Labute approximate surface area is 212 Å². The van der Waals surface area contributed by atoms with E-state index in [9.17, 15) is 4.79 Å². The minimum absolute atomic E-state index is 0.0596. The highest BCUT2D eigenvalue weighted by atomic mass is 16.5. The average Bonchev–Trinajstić information content (AvgIpc) is 3.28. The van der Waals surface area contributed by atoms with Crippen molar-refractivity contribution >= 4 is 17.2 Å². The smallest absolute Gasteiger partial charge is 0.321 e. The van der Waals surface area contributed by atoms with Gasteiger partial charge in [-0.1, -0.05) is 30.3 Å². The number of fused-ring (bicyclic) bond motifs is 1. The summed E-state index contributed by atoms with van der Waals surface area (Å²) in [5.41, 5.74) is 5.01. The molecule has 186 valence electrons. The number of benzene rings is 2. The Hall–Kier alpha value is -3.84. The number of methoxy groups -OCH3 is 1. The number of carbonyl (C=O) groups excluding carboxylic acids is 1. The lowest BCUT2D eigenvalue weighted by Gasteiger charge is -2.32. The van der Waals surface area contributed by atoms with Gasteiger partial charge >= 0.3 is 6.03 Å². The van der Waals surface area contributed by atoms with E-state index in [1.165, 1.54) is 5.56 Å². The van der Waals surface area contributed by atoms with Crippen molar-refractivity contribution in [2.24, 2.45) is 0 Å². The number of nitrogens with zero attached hydrogens (tertiary/aromatic N) is 4. The zero-order valence-electron chi connectivity index (χ0n) is 21.1. The number of urea groups is 1. The molecule has 7 nitrogen and oxygen atoms in total. The van der Waals surface area contributed by atoms with Crippen LogP contribution in [0.1, 0.15) is 30.1 Å². The fourth-order valence-electron chi connectivity index (χ4n) is 5.02. The fraction of sp³-hybridized carbons (Fsp3) is 0.310. The van der Waals surface area contributed by atoms with E-state index in [0.29, 0.717) is 6.54 Å². The quantitative estimate of drug-likeness (QED) is 0.394. The second-order valence-corrected chi connectivity index (χ2v) is 9.66. The van der Waals surface area contributed by atoms with Gasteiger partial charge in [0.2, 0.25) is 0 Å². The van der Waals surface area contributed by atoms with E-state index in [4.69, 9.17) is 9.72 Å². The highest BCUT2D eigenvalue weighted by molar-refractivity contribution is 5.89. The lowest BCUT2D eigenvalue weighted by Crippen LogP contribution is -2.42. The molecule has 3 heterocycles. The van der Waals surface area contributed by atoms with Crippen molar-refractivity contribution < 1.29 is 9.53 Å². The van der Waals surface area contributed by atoms with Crippen molar-refractivity contribution in [2.45, 2.75) is 25.3 Å². The maximum Gasteiger partial charge on any atom is 0.321 e. The number of hydrogen-bond acceptors (Lipinski definition) is 4. The molecule has 7 heteroatoms. The molecular weight excluding hydrogens is 450 g/mol. The molecule has 2 aromatic heterocycles. The van der Waals surface area contributed by atoms with Crippen molar-refractivity contribution in [1.82, 2.24) is 19.2 Å². The van der Waals surface area contributed by atoms with E-state index < -0.39 is 0 Å². The van der Waals surface area contributed by atoms with Gasteiger partial charge in [-0.25, -0.2) is 9.78 Å². The summed E-state index contributed by atoms with van der Waals surface area (Å²) in [4.78, 5) is 22.4. The number of piperidine rings is 1. The molecule has 1 N–H and O–H groups in total. The number of likely N-dealkylation sites (tertiary alicyclic amines) is 1. The summed E-state index contributed by atoms with van der Waals surface area (Å²) in [6.07, 6.45) is 4.00. The summed E-state index contributed by atoms with van der Waals surface area (Å²) >= 11 is 0. The normalized spacial score (nSPS) is 15.9. The van der Waals surface area contributed by atoms with Gasteiger partial charge in [0.15, 0.2) is 0 Å². The van der Waals surface area contributed by atoms with Crippen molar-refractivity contribution in [3.8, 4) is 17.0 Å². The first-order valence-corrected chi connectivity index (χ1v) is 12.4. The zero-order chi connectivity index (χ0) is 25.1. The van der Waals surface area contributed by atoms with Gasteiger partial charge in [0.05, 0.1) is 18.3 Å². The number of nitrogens with one attached hydrogen (secondary N) is 1. The Kier molecular flexibility index (Phi) is 6.91. The summed E-state index contributed by atoms with van der Waals surface area (Å²) in [5, 5.41) is 3.11. The molecular formula is C29H33N5O2. The minimum Gasteiger partial charge on any atom is -0.497 e. The van der Waals surface area contributed by atoms with Crippen molar-refractivity contribution in [2.75, 3.05) is 39.6 Å². The maximum atomic E-state index is 13.2. The molecule has 2 aromatic carbocycles. The van der Waals surface area contributed by atoms with Gasteiger partial charge in [-0.2, -0.15) is 0 Å². The van der Waals surface area contributed by atoms with Gasteiger partial charge in [0.1, 0.15) is 11.6 Å². The van der Waals surface area contributed by atoms with E-state index in [1.54, 1.807) is 7.11 Å². The van der Waals surface area contributed by atoms with Crippen LogP contribution in [0.25, 0.3) is 16.8 Å². The highest BCUT2D eigenvalue weighted by Gasteiger charge is 2.28. The van der Waals surface area contributed by atoms with Crippen LogP contribution in [0.2, 0.25) is 0 Å². The molecule has 0 aliphatic carbocycles. The first-order chi connectivity index (χ1) is 17.5. The van der Waals surface area contributed by atoms with Gasteiger partial charge in [-0.15, -0.1) is 0 Å². The van der Waals surface area contributed by atoms with Gasteiger partial charge in [-0.3, -0.25) is 0 Å². The molecule has 0 spiro atoms. The van der Waals surface area contributed by atoms with E-state index in [1.807, 2.05) is 67.5 Å². The molecule has 1 aliphatic heterocycles. The summed E-state index contributed by atoms with van der Waals surface area (Å²) in [6.45, 7) is 2.21. The summed E-state index contributed by atoms with van der Waals surface area (Å²) in [7, 11) is 5.76. The van der Waals surface area contributed by atoms with E-state index in [-0.39, 0.29) is 11.9 Å². The van der Waals surface area contributed by atoms with Crippen molar-refractivity contribution in [3.63, 3.8) is 0 Å². The molecule has 0 unspecified atom stereocenters. The Balaban J connectivity index is 1.38. The van der Waals surface area contributed by atoms with Crippen LogP contribution in [0.3, 0.4) is 0 Å². The lowest BCUT2D eigenvalue weighted by molar-refractivity contribution is 0.191. The summed E-state index contributed by atoms with van der Waals surface area (Å²) in [5.74, 6) is 1.95. The molecule has 1 atom stereocenters. The van der Waals surface area contributed by atoms with Crippen LogP contribution in [0.4, 0.5) is 10.5 Å². The van der Waals surface area contributed by atoms with Crippen LogP contribution in [-0.2, 0) is 6.54 Å². The van der Waals surface area contributed by atoms with Crippen LogP contribution < -0.4 is 10.1 Å². The minimum atomic E-state index is -0.0596. The molecule has 0 saturated carbocycles. The Morgan fingerprint density at radius 2 is 1.97 bits per heavy atom. The molecule has 1 aliphatic rings. The third-order valence-electron chi connectivity index (χ3n) is 6.67. The molecule has 1 saturated heterocycles. The number of rotatable bonds is 6. The predicted octanol–water partition coefficient (Wildman–Crippen LogP) is 5.48. The van der Waals surface area contributed by atoms with E-state index in [0.717, 1.165) is 60.0 Å². The highest BCUT2D eigenvalue weighted by Crippen LogP contribution is 2.33. The third kappa shape index (κ3) is 5.06. The van der Waals surface area contributed by atoms with Crippen molar-refractivity contribution in [3.05, 3.63) is 84.3 Å². The first kappa shape index (κ1) is 23.9. The van der Waals surface area contributed by atoms with Gasteiger partial charge in [-0.05, 0) is 68.9 Å². The number of imidazole rings is 1. The zero-order valence-corrected chi connectivity index (χ0v) is 21.1. The maximum absolute atomic E-state index is 13.2. The molecule has 1 fully saturated rings. The Bertz CT molecular complexity index is 1360. The van der Waals surface area contributed by atoms with Gasteiger partial charge in [0.25, 0.3) is 0 Å². The van der Waals surface area contributed by atoms with Crippen LogP contribution in [0.15, 0.2) is 72.9 Å². The van der Waals surface area contributed by atoms with Crippen LogP contribution in [-0.4, -0.2) is 59.5 Å². The third-order valence-corrected chi connectivity index (χ3v) is 6.67. The number of hydrogen-bond donors (Lipinski definition) is 1. The van der Waals surface area contributed by atoms with Gasteiger partial charge < -0.3 is 24.3 Å². The standard InChI is InChI=1S/C29H33N5O2/c1-32(2)19-21-9-6-12-24(17-21)30-29(35)33-15-8-11-23(20-33)28-31-27(26-14-4-5-16-34(26)28)22-10-7-13-25(18-22)36-3/h4-7,9-10,12-14,16-18,23H,8,11,15,19-20H2,1-3H3,(H,30,35)/t23-/m1/s1. The van der Waals surface area contributed by atoms with E-state index >= 15 is 0 Å². The molecule has 4 aromatic rings. The molecule has 36 heavy (non-hydrogen) atoms. The number of anilines is 1. The van der Waals surface area contributed by atoms with Crippen LogP contribution in [0, 0.1) is 0 Å². The number of carbonyl (C=O) groups is 1. The summed E-state index contributed by atoms with van der Waals surface area (Å²) < 4.78 is 7.61. The predicted molar refractivity (Wildman–Crippen MR) is 144 cm³/mol. The number of aromatic nitrogens is 2. The van der Waals surface area contributed by atoms with Crippen molar-refractivity contribution in [1.29, 1.82) is 0 Å². The van der Waals surface area contributed by atoms with Gasteiger partial charge in [0, 0.05) is 43.0 Å². The van der Waals surface area contributed by atoms with E-state index in [2.05, 4.69) is 39.0 Å². The van der Waals surface area contributed by atoms with Crippen LogP contribution >= 0.6 is 0 Å². The molecule has 0 radical (unpaired) electrons. The second kappa shape index (κ2) is 10.4. The Morgan fingerprint density at radius 1 is 1.11 bits per heavy atom. The molecule has 5 rings (SSSR count). The fourth-order valence-corrected chi connectivity index (χ4v) is 5.02. The summed E-state index contributed by atoms with van der Waals surface area (Å²) in [6, 6.07) is 22.2. The lowest BCUT2D eigenvalue weighted by atomic mass is 9.97. The first-order valence-electron chi connectivity index (χ1n) is 12.4. The molecule has 0 bridgehead atoms. The topological polar surface area (TPSA) is 62.1 Å².